The van der Waals surface area contributed by atoms with Crippen LogP contribution in [0.1, 0.15) is 32.4 Å². The summed E-state index contributed by atoms with van der Waals surface area (Å²) in [5, 5.41) is 13.1. The molecule has 6 heteroatoms. The molecule has 0 aromatic heterocycles. The lowest BCUT2D eigenvalue weighted by molar-refractivity contribution is 0.0861. The molecular formula is C15H25BrCl2N2O. The Labute approximate surface area is 148 Å². The number of hydrogen-bond acceptors (Lipinski definition) is 3. The number of piperazine rings is 1. The Morgan fingerprint density at radius 3 is 2.24 bits per heavy atom. The first kappa shape index (κ1) is 21.0. The van der Waals surface area contributed by atoms with Crippen LogP contribution in [0.2, 0.25) is 0 Å². The van der Waals surface area contributed by atoms with Crippen molar-refractivity contribution in [3.8, 4) is 5.75 Å². The molecular weight excluding hydrogens is 375 g/mol. The van der Waals surface area contributed by atoms with E-state index in [1.54, 1.807) is 6.07 Å². The van der Waals surface area contributed by atoms with Gasteiger partial charge in [-0.25, -0.2) is 0 Å². The zero-order chi connectivity index (χ0) is 14.0. The van der Waals surface area contributed by atoms with Crippen LogP contribution in [0.4, 0.5) is 0 Å². The molecule has 1 saturated heterocycles. The van der Waals surface area contributed by atoms with Crippen molar-refractivity contribution in [3.05, 3.63) is 28.2 Å². The van der Waals surface area contributed by atoms with Gasteiger partial charge in [0, 0.05) is 32.2 Å². The molecule has 0 bridgehead atoms. The molecule has 1 fully saturated rings. The number of nitrogens with zero attached hydrogens (tertiary/aromatic N) is 1. The summed E-state index contributed by atoms with van der Waals surface area (Å²) in [5.74, 6) is 0.303. The van der Waals surface area contributed by atoms with E-state index in [4.69, 9.17) is 0 Å². The largest absolute Gasteiger partial charge is 0.507 e. The molecule has 1 atom stereocenters. The summed E-state index contributed by atoms with van der Waals surface area (Å²) in [6.45, 7) is 11.1. The van der Waals surface area contributed by atoms with E-state index in [-0.39, 0.29) is 30.2 Å². The van der Waals surface area contributed by atoms with Crippen molar-refractivity contribution in [1.29, 1.82) is 0 Å². The molecule has 0 aliphatic carbocycles. The van der Waals surface area contributed by atoms with Crippen molar-refractivity contribution in [2.24, 2.45) is 5.41 Å². The molecule has 0 amide bonds. The Bertz CT molecular complexity index is 446. The second kappa shape index (κ2) is 8.59. The van der Waals surface area contributed by atoms with E-state index in [1.807, 2.05) is 12.1 Å². The van der Waals surface area contributed by atoms with Crippen LogP contribution in [0.25, 0.3) is 0 Å². The van der Waals surface area contributed by atoms with Crippen molar-refractivity contribution >= 4 is 40.7 Å². The van der Waals surface area contributed by atoms with Gasteiger partial charge in [-0.05, 0) is 39.0 Å². The molecule has 1 heterocycles. The third-order valence-corrected chi connectivity index (χ3v) is 4.26. The van der Waals surface area contributed by atoms with Gasteiger partial charge in [-0.15, -0.1) is 24.8 Å². The van der Waals surface area contributed by atoms with Crippen LogP contribution in [0.3, 0.4) is 0 Å². The Balaban J connectivity index is 0.00000200. The summed E-state index contributed by atoms with van der Waals surface area (Å²) < 4.78 is 0.773. The topological polar surface area (TPSA) is 35.5 Å². The van der Waals surface area contributed by atoms with Crippen LogP contribution in [-0.2, 0) is 0 Å². The monoisotopic (exact) mass is 398 g/mol. The Morgan fingerprint density at radius 2 is 1.76 bits per heavy atom. The zero-order valence-corrected chi connectivity index (χ0v) is 15.9. The predicted octanol–water partition coefficient (Wildman–Crippen LogP) is 3.99. The minimum atomic E-state index is 0. The van der Waals surface area contributed by atoms with Gasteiger partial charge in [0.1, 0.15) is 5.75 Å². The van der Waals surface area contributed by atoms with Crippen molar-refractivity contribution < 1.29 is 5.11 Å². The van der Waals surface area contributed by atoms with Gasteiger partial charge in [0.25, 0.3) is 0 Å². The standard InChI is InChI=1S/C15H23BrN2O.2ClH/c1-15(2,3)14(18-8-6-17-7-9-18)11-4-5-13(19)12(16)10-11;;/h4-5,10,14,17,19H,6-9H2,1-3H3;2*1H/t14-;;/m0../s1. The molecule has 0 spiro atoms. The fraction of sp³-hybridized carbons (Fsp3) is 0.600. The molecule has 0 saturated carbocycles. The van der Waals surface area contributed by atoms with Crippen LogP contribution in [-0.4, -0.2) is 36.2 Å². The van der Waals surface area contributed by atoms with Gasteiger partial charge in [-0.3, -0.25) is 4.90 Å². The maximum absolute atomic E-state index is 9.67. The van der Waals surface area contributed by atoms with Gasteiger partial charge in [0.2, 0.25) is 0 Å². The van der Waals surface area contributed by atoms with E-state index in [0.29, 0.717) is 11.8 Å². The summed E-state index contributed by atoms with van der Waals surface area (Å²) >= 11 is 3.42. The molecule has 1 aromatic carbocycles. The number of hydrogen-bond donors (Lipinski definition) is 2. The van der Waals surface area contributed by atoms with Crippen LogP contribution in [0.5, 0.6) is 5.75 Å². The molecule has 1 aliphatic rings. The summed E-state index contributed by atoms with van der Waals surface area (Å²) in [6.07, 6.45) is 0. The third-order valence-electron chi connectivity index (χ3n) is 3.62. The first-order chi connectivity index (χ1) is 8.89. The summed E-state index contributed by atoms with van der Waals surface area (Å²) in [5.41, 5.74) is 1.42. The number of phenols is 1. The van der Waals surface area contributed by atoms with E-state index >= 15 is 0 Å². The van der Waals surface area contributed by atoms with Crippen molar-refractivity contribution in [3.63, 3.8) is 0 Å². The minimum Gasteiger partial charge on any atom is -0.507 e. The Kier molecular flexibility index (Phi) is 8.59. The first-order valence-electron chi connectivity index (χ1n) is 6.83. The van der Waals surface area contributed by atoms with Gasteiger partial charge in [0.15, 0.2) is 0 Å². The predicted molar refractivity (Wildman–Crippen MR) is 96.9 cm³/mol. The average Bonchev–Trinajstić information content (AvgIpc) is 2.34. The first-order valence-corrected chi connectivity index (χ1v) is 7.62. The highest BCUT2D eigenvalue weighted by atomic mass is 79.9. The van der Waals surface area contributed by atoms with Gasteiger partial charge < -0.3 is 10.4 Å². The summed E-state index contributed by atoms with van der Waals surface area (Å²) in [4.78, 5) is 2.54. The molecule has 2 rings (SSSR count). The van der Waals surface area contributed by atoms with Crippen LogP contribution < -0.4 is 5.32 Å². The quantitative estimate of drug-likeness (QED) is 0.788. The molecule has 2 N–H and O–H groups in total. The highest BCUT2D eigenvalue weighted by Gasteiger charge is 2.32. The highest BCUT2D eigenvalue weighted by molar-refractivity contribution is 9.10. The number of halogens is 3. The molecule has 0 radical (unpaired) electrons. The number of aromatic hydroxyl groups is 1. The second-order valence-corrected chi connectivity index (χ2v) is 7.12. The van der Waals surface area contributed by atoms with E-state index < -0.39 is 0 Å². The van der Waals surface area contributed by atoms with E-state index in [1.165, 1.54) is 5.56 Å². The average molecular weight is 400 g/mol. The third kappa shape index (κ3) is 5.29. The van der Waals surface area contributed by atoms with E-state index in [0.717, 1.165) is 30.7 Å². The number of phenolic OH excluding ortho intramolecular Hbond substituents is 1. The lowest BCUT2D eigenvalue weighted by Crippen LogP contribution is -2.48. The Hall–Kier alpha value is -0.000000000000000111. The highest BCUT2D eigenvalue weighted by Crippen LogP contribution is 2.40. The number of nitrogens with one attached hydrogen (secondary N) is 1. The second-order valence-electron chi connectivity index (χ2n) is 6.27. The molecule has 3 nitrogen and oxygen atoms in total. The van der Waals surface area contributed by atoms with Gasteiger partial charge in [-0.2, -0.15) is 0 Å². The van der Waals surface area contributed by atoms with Gasteiger partial charge >= 0.3 is 0 Å². The normalized spacial score (nSPS) is 17.5. The fourth-order valence-corrected chi connectivity index (χ4v) is 3.29. The van der Waals surface area contributed by atoms with Gasteiger partial charge in [-0.1, -0.05) is 26.8 Å². The molecule has 0 unspecified atom stereocenters. The van der Waals surface area contributed by atoms with Gasteiger partial charge in [0.05, 0.1) is 4.47 Å². The maximum Gasteiger partial charge on any atom is 0.129 e. The lowest BCUT2D eigenvalue weighted by atomic mass is 9.81. The van der Waals surface area contributed by atoms with Crippen molar-refractivity contribution in [2.75, 3.05) is 26.2 Å². The number of rotatable bonds is 2. The SMILES string of the molecule is CC(C)(C)[C@H](c1ccc(O)c(Br)c1)N1CCNCC1.Cl.Cl. The van der Waals surface area contributed by atoms with E-state index in [2.05, 4.69) is 46.9 Å². The zero-order valence-electron chi connectivity index (χ0n) is 12.7. The molecule has 1 aromatic rings. The van der Waals surface area contributed by atoms with Crippen LogP contribution >= 0.6 is 40.7 Å². The van der Waals surface area contributed by atoms with E-state index in [9.17, 15) is 5.11 Å². The van der Waals surface area contributed by atoms with Crippen molar-refractivity contribution in [1.82, 2.24) is 10.2 Å². The van der Waals surface area contributed by atoms with Crippen LogP contribution in [0.15, 0.2) is 22.7 Å². The fourth-order valence-electron chi connectivity index (χ4n) is 2.89. The lowest BCUT2D eigenvalue weighted by Gasteiger charge is -2.42. The van der Waals surface area contributed by atoms with Crippen molar-refractivity contribution in [2.45, 2.75) is 26.8 Å². The Morgan fingerprint density at radius 1 is 1.19 bits per heavy atom. The molecule has 1 aliphatic heterocycles. The smallest absolute Gasteiger partial charge is 0.129 e. The van der Waals surface area contributed by atoms with Crippen LogP contribution in [0, 0.1) is 5.41 Å². The maximum atomic E-state index is 9.67. The minimum absolute atomic E-state index is 0. The number of benzene rings is 1. The summed E-state index contributed by atoms with van der Waals surface area (Å²) in [6, 6.07) is 6.23. The molecule has 122 valence electrons. The summed E-state index contributed by atoms with van der Waals surface area (Å²) in [7, 11) is 0. The molecule has 21 heavy (non-hydrogen) atoms.